The molecule has 7 heteroatoms. The van der Waals surface area contributed by atoms with Gasteiger partial charge < -0.3 is 14.4 Å². The van der Waals surface area contributed by atoms with E-state index in [2.05, 4.69) is 0 Å². The second-order valence-electron chi connectivity index (χ2n) is 7.66. The average molecular weight is 427 g/mol. The molecule has 2 aromatic carbocycles. The lowest BCUT2D eigenvalue weighted by Gasteiger charge is -2.25. The van der Waals surface area contributed by atoms with E-state index < -0.39 is 5.91 Å². The highest BCUT2D eigenvalue weighted by atomic mass is 16.5. The number of benzene rings is 2. The van der Waals surface area contributed by atoms with Gasteiger partial charge in [-0.05, 0) is 43.6 Å². The molecule has 1 atom stereocenters. The van der Waals surface area contributed by atoms with Crippen LogP contribution in [-0.2, 0) is 14.3 Å². The Morgan fingerprint density at radius 1 is 1.23 bits per heavy atom. The van der Waals surface area contributed by atoms with E-state index >= 15 is 0 Å². The molecule has 2 amide bonds. The number of fused-ring (bicyclic) bond motifs is 1. The summed E-state index contributed by atoms with van der Waals surface area (Å²) in [7, 11) is 1.76. The molecule has 0 saturated carbocycles. The maximum atomic E-state index is 13.1. The smallest absolute Gasteiger partial charge is 0.254 e. The number of ether oxygens (including phenoxy) is 2. The number of likely N-dealkylation sites (N-methyl/N-ethyl adjacent to an activating group) is 1. The summed E-state index contributed by atoms with van der Waals surface area (Å²) in [5.41, 5.74) is 2.20. The highest BCUT2D eigenvalue weighted by Gasteiger charge is 2.26. The van der Waals surface area contributed by atoms with E-state index in [0.29, 0.717) is 25.0 Å². The van der Waals surface area contributed by atoms with Gasteiger partial charge in [0.25, 0.3) is 5.91 Å². The van der Waals surface area contributed by atoms with E-state index in [-0.39, 0.29) is 25.2 Å². The van der Waals surface area contributed by atoms with Crippen molar-refractivity contribution in [2.75, 3.05) is 20.3 Å². The van der Waals surface area contributed by atoms with Crippen molar-refractivity contribution >= 4 is 22.6 Å². The lowest BCUT2D eigenvalue weighted by Crippen LogP contribution is -2.38. The van der Waals surface area contributed by atoms with Crippen LogP contribution in [0, 0.1) is 0 Å². The molecule has 1 aliphatic rings. The van der Waals surface area contributed by atoms with Gasteiger partial charge >= 0.3 is 0 Å². The van der Waals surface area contributed by atoms with Crippen molar-refractivity contribution in [1.29, 1.82) is 0 Å². The third-order valence-electron chi connectivity index (χ3n) is 5.44. The summed E-state index contributed by atoms with van der Waals surface area (Å²) in [4.78, 5) is 25.9. The van der Waals surface area contributed by atoms with Crippen LogP contribution in [0.3, 0.4) is 0 Å². The zero-order valence-corrected chi connectivity index (χ0v) is 17.9. The van der Waals surface area contributed by atoms with Crippen LogP contribution in [0.1, 0.15) is 38.5 Å². The molecule has 0 aliphatic carbocycles. The molecule has 1 heterocycles. The Hall–Kier alpha value is -2.90. The number of carbonyl (C=O) groups excluding carboxylic acids is 2. The maximum Gasteiger partial charge on any atom is 0.254 e. The van der Waals surface area contributed by atoms with Crippen LogP contribution in [0.2, 0.25) is 0 Å². The van der Waals surface area contributed by atoms with Gasteiger partial charge in [0, 0.05) is 25.5 Å². The first-order valence-electron chi connectivity index (χ1n) is 10.7. The Labute approximate surface area is 182 Å². The predicted molar refractivity (Wildman–Crippen MR) is 118 cm³/mol. The van der Waals surface area contributed by atoms with Crippen LogP contribution in [0.15, 0.2) is 54.1 Å². The lowest BCUT2D eigenvalue weighted by atomic mass is 10.1. The van der Waals surface area contributed by atoms with Gasteiger partial charge in [-0.1, -0.05) is 42.5 Å². The number of hydroxylamine groups is 1. The van der Waals surface area contributed by atoms with E-state index in [9.17, 15) is 9.59 Å². The number of carbonyl (C=O) groups is 2. The van der Waals surface area contributed by atoms with E-state index in [0.717, 1.165) is 35.8 Å². The Balaban J connectivity index is 1.68. The van der Waals surface area contributed by atoms with Crippen molar-refractivity contribution < 1.29 is 24.3 Å². The van der Waals surface area contributed by atoms with Crippen LogP contribution in [0.4, 0.5) is 0 Å². The fourth-order valence-electron chi connectivity index (χ4n) is 3.67. The number of hydrogen-bond donors (Lipinski definition) is 2. The van der Waals surface area contributed by atoms with Crippen LogP contribution >= 0.6 is 0 Å². The molecule has 7 nitrogen and oxygen atoms in total. The summed E-state index contributed by atoms with van der Waals surface area (Å²) >= 11 is 0. The molecule has 3 rings (SSSR count). The highest BCUT2D eigenvalue weighted by molar-refractivity contribution is 5.94. The van der Waals surface area contributed by atoms with Gasteiger partial charge in [0.1, 0.15) is 18.6 Å². The first-order valence-corrected chi connectivity index (χ1v) is 10.7. The monoisotopic (exact) mass is 426 g/mol. The van der Waals surface area contributed by atoms with Gasteiger partial charge in [0.2, 0.25) is 5.91 Å². The molecule has 1 saturated heterocycles. The zero-order valence-electron chi connectivity index (χ0n) is 17.9. The average Bonchev–Trinajstić information content (AvgIpc) is 3.34. The summed E-state index contributed by atoms with van der Waals surface area (Å²) < 4.78 is 11.7. The van der Waals surface area contributed by atoms with Crippen LogP contribution in [0.25, 0.3) is 10.8 Å². The SMILES string of the molecule is CN(C(=O)/C(=C/CCCCC(=O)NO)COc1cccc2ccccc12)C1CCCO1. The number of hydrogen-bond acceptors (Lipinski definition) is 5. The molecule has 2 N–H and O–H groups in total. The Bertz CT molecular complexity index is 916. The van der Waals surface area contributed by atoms with Crippen molar-refractivity contribution in [3.63, 3.8) is 0 Å². The molecule has 0 radical (unpaired) electrons. The minimum atomic E-state index is -0.405. The topological polar surface area (TPSA) is 88.1 Å². The Morgan fingerprint density at radius 3 is 2.81 bits per heavy atom. The molecular weight excluding hydrogens is 396 g/mol. The van der Waals surface area contributed by atoms with E-state index in [1.807, 2.05) is 48.5 Å². The molecule has 1 aliphatic heterocycles. The van der Waals surface area contributed by atoms with Gasteiger partial charge in [0.15, 0.2) is 0 Å². The second-order valence-corrected chi connectivity index (χ2v) is 7.66. The van der Waals surface area contributed by atoms with Crippen LogP contribution in [0.5, 0.6) is 5.75 Å². The molecule has 166 valence electrons. The lowest BCUT2D eigenvalue weighted by molar-refractivity contribution is -0.136. The number of nitrogens with zero attached hydrogens (tertiary/aromatic N) is 1. The number of rotatable bonds is 10. The molecule has 1 unspecified atom stereocenters. The van der Waals surface area contributed by atoms with Crippen LogP contribution < -0.4 is 10.2 Å². The van der Waals surface area contributed by atoms with Crippen molar-refractivity contribution in [2.45, 2.75) is 44.8 Å². The van der Waals surface area contributed by atoms with Crippen molar-refractivity contribution in [3.8, 4) is 5.75 Å². The number of allylic oxidation sites excluding steroid dienone is 1. The van der Waals surface area contributed by atoms with E-state index in [1.54, 1.807) is 17.4 Å². The second kappa shape index (κ2) is 11.5. The molecular formula is C24H30N2O5. The molecule has 31 heavy (non-hydrogen) atoms. The number of amides is 2. The minimum absolute atomic E-state index is 0.111. The van der Waals surface area contributed by atoms with Crippen LogP contribution in [-0.4, -0.2) is 48.4 Å². The maximum absolute atomic E-state index is 13.1. The fourth-order valence-corrected chi connectivity index (χ4v) is 3.67. The highest BCUT2D eigenvalue weighted by Crippen LogP contribution is 2.26. The normalized spacial score (nSPS) is 16.3. The Morgan fingerprint density at radius 2 is 2.03 bits per heavy atom. The molecule has 1 fully saturated rings. The summed E-state index contributed by atoms with van der Waals surface area (Å²) in [5, 5.41) is 10.7. The molecule has 0 aromatic heterocycles. The van der Waals surface area contributed by atoms with E-state index in [1.165, 1.54) is 0 Å². The standard InChI is InChI=1S/C24H30N2O5/c1-26(23-15-8-16-30-23)24(28)19(10-3-2-4-14-22(27)25-29)17-31-21-13-7-11-18-9-5-6-12-20(18)21/h5-7,9-13,23,29H,2-4,8,14-17H2,1H3,(H,25,27)/b19-10+. The summed E-state index contributed by atoms with van der Waals surface area (Å²) in [6.07, 6.45) is 5.68. The number of nitrogens with one attached hydrogen (secondary N) is 1. The third-order valence-corrected chi connectivity index (χ3v) is 5.44. The van der Waals surface area contributed by atoms with E-state index in [4.69, 9.17) is 14.7 Å². The molecule has 2 aromatic rings. The largest absolute Gasteiger partial charge is 0.488 e. The van der Waals surface area contributed by atoms with Gasteiger partial charge in [-0.3, -0.25) is 14.8 Å². The summed E-state index contributed by atoms with van der Waals surface area (Å²) in [6, 6.07) is 13.8. The summed E-state index contributed by atoms with van der Waals surface area (Å²) in [6.45, 7) is 0.821. The Kier molecular flexibility index (Phi) is 8.44. The van der Waals surface area contributed by atoms with Crippen molar-refractivity contribution in [1.82, 2.24) is 10.4 Å². The van der Waals surface area contributed by atoms with Crippen molar-refractivity contribution in [3.05, 3.63) is 54.1 Å². The number of unbranched alkanes of at least 4 members (excludes halogenated alkanes) is 2. The molecule has 0 bridgehead atoms. The molecule has 0 spiro atoms. The fraction of sp³-hybridized carbons (Fsp3) is 0.417. The summed E-state index contributed by atoms with van der Waals surface area (Å²) in [5.74, 6) is 0.217. The van der Waals surface area contributed by atoms with Gasteiger partial charge in [-0.2, -0.15) is 0 Å². The van der Waals surface area contributed by atoms with Gasteiger partial charge in [-0.15, -0.1) is 0 Å². The zero-order chi connectivity index (χ0) is 22.1. The predicted octanol–water partition coefficient (Wildman–Crippen LogP) is 3.81. The minimum Gasteiger partial charge on any atom is -0.488 e. The first-order chi connectivity index (χ1) is 15.1. The van der Waals surface area contributed by atoms with Gasteiger partial charge in [0.05, 0.1) is 5.57 Å². The quantitative estimate of drug-likeness (QED) is 0.261. The first kappa shape index (κ1) is 22.8. The van der Waals surface area contributed by atoms with Crippen molar-refractivity contribution in [2.24, 2.45) is 0 Å². The third kappa shape index (κ3) is 6.29. The van der Waals surface area contributed by atoms with Gasteiger partial charge in [-0.25, -0.2) is 5.48 Å².